The maximum Gasteiger partial charge on any atom is 0.258 e. The number of pyridine rings is 2. The zero-order valence-corrected chi connectivity index (χ0v) is 45.3. The summed E-state index contributed by atoms with van der Waals surface area (Å²) < 4.78 is 17.9. The molecule has 0 spiro atoms. The fourth-order valence-electron chi connectivity index (χ4n) is 8.35. The maximum absolute atomic E-state index is 12.7. The van der Waals surface area contributed by atoms with Gasteiger partial charge in [0.2, 0.25) is 0 Å². The van der Waals surface area contributed by atoms with E-state index in [1.807, 2.05) is 24.3 Å². The van der Waals surface area contributed by atoms with Crippen molar-refractivity contribution in [3.63, 3.8) is 0 Å². The predicted molar refractivity (Wildman–Crippen MR) is 295 cm³/mol. The van der Waals surface area contributed by atoms with Crippen LogP contribution in [0.15, 0.2) is 121 Å². The van der Waals surface area contributed by atoms with Crippen LogP contribution in [0.4, 0.5) is 0 Å². The number of carbonyl (C=O) groups is 1. The van der Waals surface area contributed by atoms with E-state index in [0.717, 1.165) is 96.5 Å². The summed E-state index contributed by atoms with van der Waals surface area (Å²) in [6, 6.07) is 42.3. The Morgan fingerprint density at radius 2 is 0.972 bits per heavy atom. The number of ether oxygens (including phenoxy) is 3. The minimum Gasteiger partial charge on any atom is -0.494 e. The molecule has 0 atom stereocenters. The summed E-state index contributed by atoms with van der Waals surface area (Å²) in [6.45, 7) is 28.6. The molecule has 0 saturated heterocycles. The first-order chi connectivity index (χ1) is 33.6. The normalized spacial score (nSPS) is 14.3. The minimum absolute atomic E-state index is 0.00225. The molecule has 7 nitrogen and oxygen atoms in total. The van der Waals surface area contributed by atoms with Gasteiger partial charge in [-0.05, 0) is 160 Å². The van der Waals surface area contributed by atoms with Crippen molar-refractivity contribution in [2.24, 2.45) is 0 Å². The Bertz CT molecular complexity index is 2480. The van der Waals surface area contributed by atoms with Crippen LogP contribution in [0.1, 0.15) is 167 Å². The second-order valence-corrected chi connectivity index (χ2v) is 23.5. The zero-order valence-electron chi connectivity index (χ0n) is 45.3. The molecule has 6 aromatic rings. The number of aryl methyl sites for hydroxylation is 2. The monoisotopic (exact) mass is 958 g/mol. The van der Waals surface area contributed by atoms with Gasteiger partial charge in [0, 0.05) is 17.8 Å². The van der Waals surface area contributed by atoms with Gasteiger partial charge in [-0.15, -0.1) is 0 Å². The van der Waals surface area contributed by atoms with Crippen LogP contribution in [-0.4, -0.2) is 35.7 Å². The number of hydrogen-bond donors (Lipinski definition) is 1. The fourth-order valence-corrected chi connectivity index (χ4v) is 8.35. The number of hydrogen-bond acceptors (Lipinski definition) is 6. The van der Waals surface area contributed by atoms with Crippen LogP contribution in [0.3, 0.4) is 0 Å². The average molecular weight is 958 g/mol. The summed E-state index contributed by atoms with van der Waals surface area (Å²) in [5, 5.41) is 3.05. The molecular formula is C64H83N3O4. The maximum atomic E-state index is 12.7. The van der Waals surface area contributed by atoms with Crippen molar-refractivity contribution in [3.05, 3.63) is 160 Å². The molecule has 7 heteroatoms. The summed E-state index contributed by atoms with van der Waals surface area (Å²) in [5.74, 6) is 2.51. The third-order valence-electron chi connectivity index (χ3n) is 13.1. The second kappa shape index (κ2) is 24.4. The smallest absolute Gasteiger partial charge is 0.258 e. The highest BCUT2D eigenvalue weighted by atomic mass is 16.5. The Morgan fingerprint density at radius 3 is 1.51 bits per heavy atom. The molecule has 6 heterocycles. The number of benzene rings is 4. The lowest BCUT2D eigenvalue weighted by Gasteiger charge is -2.26. The van der Waals surface area contributed by atoms with E-state index in [1.165, 1.54) is 53.5 Å². The van der Waals surface area contributed by atoms with Gasteiger partial charge in [-0.25, -0.2) is 4.98 Å². The molecule has 1 amide bonds. The van der Waals surface area contributed by atoms with Crippen molar-refractivity contribution < 1.29 is 19.0 Å². The van der Waals surface area contributed by atoms with Crippen LogP contribution in [-0.2, 0) is 45.8 Å². The Kier molecular flexibility index (Phi) is 18.7. The first-order valence-corrected chi connectivity index (χ1v) is 26.2. The fraction of sp³-hybridized carbons (Fsp3) is 0.453. The lowest BCUT2D eigenvalue weighted by molar-refractivity contribution is -0.123. The number of aromatic nitrogens is 2. The molecule has 0 fully saturated rings. The van der Waals surface area contributed by atoms with E-state index >= 15 is 0 Å². The number of nitrogens with one attached hydrogen (secondary N) is 1. The molecule has 1 N–H and O–H groups in total. The van der Waals surface area contributed by atoms with Crippen molar-refractivity contribution in [2.75, 3.05) is 19.8 Å². The number of rotatable bonds is 5. The van der Waals surface area contributed by atoms with E-state index in [4.69, 9.17) is 24.2 Å². The number of nitrogens with zero attached hydrogens (tertiary/aromatic N) is 2. The van der Waals surface area contributed by atoms with Gasteiger partial charge in [0.1, 0.15) is 17.2 Å². The van der Waals surface area contributed by atoms with E-state index in [-0.39, 0.29) is 34.2 Å². The largest absolute Gasteiger partial charge is 0.494 e. The average Bonchev–Trinajstić information content (AvgIpc) is 3.33. The molecule has 71 heavy (non-hydrogen) atoms. The van der Waals surface area contributed by atoms with E-state index < -0.39 is 0 Å². The minimum atomic E-state index is -0.114. The second-order valence-electron chi connectivity index (χ2n) is 23.5. The van der Waals surface area contributed by atoms with Gasteiger partial charge in [-0.2, -0.15) is 0 Å². The van der Waals surface area contributed by atoms with Gasteiger partial charge in [-0.3, -0.25) is 9.78 Å². The van der Waals surface area contributed by atoms with Gasteiger partial charge in [0.05, 0.1) is 30.3 Å². The molecule has 10 rings (SSSR count). The molecule has 0 saturated carbocycles. The third kappa shape index (κ3) is 17.4. The summed E-state index contributed by atoms with van der Waals surface area (Å²) in [7, 11) is 0. The van der Waals surface area contributed by atoms with Crippen LogP contribution < -0.4 is 19.5 Å². The van der Waals surface area contributed by atoms with Crippen molar-refractivity contribution >= 4 is 5.91 Å². The van der Waals surface area contributed by atoms with Crippen LogP contribution >= 0.6 is 0 Å². The molecule has 0 aliphatic carbocycles. The Labute approximate surface area is 427 Å². The molecule has 0 unspecified atom stereocenters. The zero-order chi connectivity index (χ0) is 51.2. The predicted octanol–water partition coefficient (Wildman–Crippen LogP) is 15.7. The molecule has 8 bridgehead atoms. The van der Waals surface area contributed by atoms with Crippen LogP contribution in [0.2, 0.25) is 0 Å². The Hall–Kier alpha value is -5.95. The lowest BCUT2D eigenvalue weighted by Crippen LogP contribution is -2.29. The van der Waals surface area contributed by atoms with Crippen molar-refractivity contribution in [1.82, 2.24) is 15.3 Å². The first kappa shape index (κ1) is 54.4. The topological polar surface area (TPSA) is 82.6 Å². The molecular weight excluding hydrogens is 875 g/mol. The van der Waals surface area contributed by atoms with Gasteiger partial charge >= 0.3 is 0 Å². The molecule has 378 valence electrons. The van der Waals surface area contributed by atoms with Crippen molar-refractivity contribution in [1.29, 1.82) is 0 Å². The molecule has 4 aliphatic heterocycles. The Morgan fingerprint density at radius 1 is 0.507 bits per heavy atom. The van der Waals surface area contributed by atoms with Crippen molar-refractivity contribution in [3.8, 4) is 39.9 Å². The molecule has 2 aromatic heterocycles. The van der Waals surface area contributed by atoms with E-state index in [9.17, 15) is 4.79 Å². The van der Waals surface area contributed by atoms with Gasteiger partial charge in [0.25, 0.3) is 5.91 Å². The van der Waals surface area contributed by atoms with Gasteiger partial charge in [-0.1, -0.05) is 157 Å². The number of carbonyl (C=O) groups excluding carboxylic acids is 1. The SMILES string of the molecule is CC(C)(C)c1cc(CNC(=O)COc2cc(C(C)(C)C)cc(C(C)(C)C)c2)cc(C(C)(C)C)c1.c1cc2nc(c1)-c1cccc(n1)-c1ccc(cc1)OCCCCCCCCOc1ccc(cc1)CCC2. The van der Waals surface area contributed by atoms with Crippen LogP contribution in [0.5, 0.6) is 17.2 Å². The van der Waals surface area contributed by atoms with Crippen molar-refractivity contribution in [2.45, 2.75) is 169 Å². The summed E-state index contributed by atoms with van der Waals surface area (Å²) in [6.07, 6.45) is 10.1. The highest BCUT2D eigenvalue weighted by molar-refractivity contribution is 5.77. The van der Waals surface area contributed by atoms with Crippen LogP contribution in [0.25, 0.3) is 22.6 Å². The quantitative estimate of drug-likeness (QED) is 0.185. The van der Waals surface area contributed by atoms with E-state index in [1.54, 1.807) is 0 Å². The van der Waals surface area contributed by atoms with E-state index in [0.29, 0.717) is 6.54 Å². The van der Waals surface area contributed by atoms with Gasteiger partial charge in [0.15, 0.2) is 6.61 Å². The summed E-state index contributed by atoms with van der Waals surface area (Å²) in [4.78, 5) is 22.5. The summed E-state index contributed by atoms with van der Waals surface area (Å²) >= 11 is 0. The number of amides is 1. The highest BCUT2D eigenvalue weighted by Gasteiger charge is 2.23. The molecule has 4 aromatic carbocycles. The molecule has 4 aliphatic rings. The summed E-state index contributed by atoms with van der Waals surface area (Å²) in [5.41, 5.74) is 12.5. The standard InChI is InChI=1S/C33H36N2O2.C31H47NO2/c1-2-4-6-25-37-30-22-18-27(19-23-30)31-13-9-15-33(35-31)32-14-8-12-28(34-32)11-7-10-26-16-20-29(21-17-26)36-24-5-3-1;1-28(2,3)22-13-21(14-23(15-22)29(4,5)6)19-32-27(33)20-34-26-17-24(30(7,8)9)16-25(18-26)31(10,11)12/h8-9,12-23H,1-7,10-11,24-25H2;13-18H,19-20H2,1-12H3,(H,32,33). The highest BCUT2D eigenvalue weighted by Crippen LogP contribution is 2.34. The van der Waals surface area contributed by atoms with Gasteiger partial charge < -0.3 is 19.5 Å². The van der Waals surface area contributed by atoms with Crippen LogP contribution in [0, 0.1) is 0 Å². The Balaban J connectivity index is 0.000000234. The van der Waals surface area contributed by atoms with E-state index in [2.05, 4.69) is 185 Å². The first-order valence-electron chi connectivity index (χ1n) is 26.2. The lowest BCUT2D eigenvalue weighted by atomic mass is 9.79. The molecule has 0 radical (unpaired) electrons. The third-order valence-corrected chi connectivity index (χ3v) is 13.1.